The van der Waals surface area contributed by atoms with E-state index in [1.807, 2.05) is 0 Å². The Morgan fingerprint density at radius 2 is 2.20 bits per heavy atom. The van der Waals surface area contributed by atoms with Crippen LogP contribution < -0.4 is 10.6 Å². The molecule has 2 N–H and O–H groups in total. The highest BCUT2D eigenvalue weighted by Crippen LogP contribution is 2.18. The van der Waals surface area contributed by atoms with Crippen molar-refractivity contribution in [2.24, 2.45) is 5.73 Å². The predicted molar refractivity (Wildman–Crippen MR) is 55.8 cm³/mol. The maximum Gasteiger partial charge on any atom is 0.183 e. The van der Waals surface area contributed by atoms with Gasteiger partial charge in [0.05, 0.1) is 0 Å². The molecule has 1 aliphatic rings. The smallest absolute Gasteiger partial charge is 0.183 e. The van der Waals surface area contributed by atoms with Crippen LogP contribution in [0.5, 0.6) is 5.75 Å². The van der Waals surface area contributed by atoms with Crippen LogP contribution in [-0.2, 0) is 0 Å². The fourth-order valence-electron chi connectivity index (χ4n) is 1.71. The minimum atomic E-state index is -0.336. The molecular weight excluding hydrogens is 195 g/mol. The Kier molecular flexibility index (Phi) is 3.18. The number of halogens is 1. The van der Waals surface area contributed by atoms with Crippen molar-refractivity contribution in [3.63, 3.8) is 0 Å². The number of hydroxylamine groups is 2. The average molecular weight is 210 g/mol. The third-order valence-corrected chi connectivity index (χ3v) is 2.48. The molecule has 0 aliphatic carbocycles. The van der Waals surface area contributed by atoms with E-state index >= 15 is 0 Å². The zero-order valence-electron chi connectivity index (χ0n) is 8.53. The molecule has 1 aromatic rings. The molecule has 0 unspecified atom stereocenters. The van der Waals surface area contributed by atoms with Crippen molar-refractivity contribution in [1.29, 1.82) is 0 Å². The molecule has 1 aromatic carbocycles. The van der Waals surface area contributed by atoms with Crippen molar-refractivity contribution in [2.45, 2.75) is 18.9 Å². The molecule has 1 saturated heterocycles. The average Bonchev–Trinajstić information content (AvgIpc) is 2.22. The number of hydrogen-bond acceptors (Lipinski definition) is 3. The lowest BCUT2D eigenvalue weighted by Crippen LogP contribution is -2.44. The third-order valence-electron chi connectivity index (χ3n) is 2.48. The van der Waals surface area contributed by atoms with E-state index in [1.165, 1.54) is 6.07 Å². The molecule has 4 heteroatoms. The van der Waals surface area contributed by atoms with Crippen LogP contribution in [0.3, 0.4) is 0 Å². The highest BCUT2D eigenvalue weighted by Gasteiger charge is 2.18. The van der Waals surface area contributed by atoms with Gasteiger partial charge in [-0.25, -0.2) is 4.39 Å². The van der Waals surface area contributed by atoms with Gasteiger partial charge in [0.25, 0.3) is 0 Å². The lowest BCUT2D eigenvalue weighted by Gasteiger charge is -2.29. The summed E-state index contributed by atoms with van der Waals surface area (Å²) >= 11 is 0. The molecule has 0 aromatic heterocycles. The van der Waals surface area contributed by atoms with E-state index in [4.69, 9.17) is 10.6 Å². The second-order valence-electron chi connectivity index (χ2n) is 3.81. The molecule has 0 amide bonds. The number of hydrogen-bond donors (Lipinski definition) is 1. The van der Waals surface area contributed by atoms with Gasteiger partial charge in [0, 0.05) is 19.1 Å². The summed E-state index contributed by atoms with van der Waals surface area (Å²) in [5.74, 6) is -0.0664. The second-order valence-corrected chi connectivity index (χ2v) is 3.81. The van der Waals surface area contributed by atoms with E-state index in [9.17, 15) is 4.39 Å². The largest absolute Gasteiger partial charge is 0.403 e. The van der Waals surface area contributed by atoms with Gasteiger partial charge in [-0.15, -0.1) is 5.06 Å². The van der Waals surface area contributed by atoms with E-state index in [0.717, 1.165) is 19.4 Å². The first-order valence-electron chi connectivity index (χ1n) is 5.19. The summed E-state index contributed by atoms with van der Waals surface area (Å²) < 4.78 is 13.3. The standard InChI is InChI=1S/C11H15FN2O/c12-10-5-1-2-6-11(10)15-14-7-3-4-9(13)8-14/h1-2,5-6,9H,3-4,7-8,13H2/t9-/m1/s1. The molecule has 3 nitrogen and oxygen atoms in total. The number of piperidine rings is 1. The number of nitrogens with zero attached hydrogens (tertiary/aromatic N) is 1. The van der Waals surface area contributed by atoms with Crippen molar-refractivity contribution in [3.8, 4) is 5.75 Å². The predicted octanol–water partition coefficient (Wildman–Crippen LogP) is 1.54. The SMILES string of the molecule is N[C@@H]1CCCN(Oc2ccccc2F)C1. The number of para-hydroxylation sites is 1. The van der Waals surface area contributed by atoms with E-state index in [2.05, 4.69) is 0 Å². The van der Waals surface area contributed by atoms with Crippen molar-refractivity contribution in [3.05, 3.63) is 30.1 Å². The first kappa shape index (κ1) is 10.4. The summed E-state index contributed by atoms with van der Waals surface area (Å²) in [5, 5.41) is 1.73. The summed E-state index contributed by atoms with van der Waals surface area (Å²) in [5.41, 5.74) is 5.80. The van der Waals surface area contributed by atoms with Gasteiger partial charge in [-0.3, -0.25) is 0 Å². The lowest BCUT2D eigenvalue weighted by molar-refractivity contribution is -0.0795. The summed E-state index contributed by atoms with van der Waals surface area (Å²) in [6.45, 7) is 1.47. The van der Waals surface area contributed by atoms with Gasteiger partial charge < -0.3 is 10.6 Å². The van der Waals surface area contributed by atoms with Crippen molar-refractivity contribution >= 4 is 0 Å². The lowest BCUT2D eigenvalue weighted by atomic mass is 10.1. The Bertz CT molecular complexity index is 332. The van der Waals surface area contributed by atoms with Crippen LogP contribution in [0.15, 0.2) is 24.3 Å². The van der Waals surface area contributed by atoms with Crippen LogP contribution in [0.1, 0.15) is 12.8 Å². The molecule has 15 heavy (non-hydrogen) atoms. The zero-order valence-corrected chi connectivity index (χ0v) is 8.53. The normalized spacial score (nSPS) is 22.7. The van der Waals surface area contributed by atoms with Crippen molar-refractivity contribution in [2.75, 3.05) is 13.1 Å². The van der Waals surface area contributed by atoms with Crippen molar-refractivity contribution in [1.82, 2.24) is 5.06 Å². The first-order chi connectivity index (χ1) is 7.25. The molecular formula is C11H15FN2O. The van der Waals surface area contributed by atoms with E-state index in [-0.39, 0.29) is 17.6 Å². The van der Waals surface area contributed by atoms with Crippen LogP contribution in [0.2, 0.25) is 0 Å². The number of nitrogens with two attached hydrogens (primary N) is 1. The summed E-state index contributed by atoms with van der Waals surface area (Å²) in [6, 6.07) is 6.53. The fourth-order valence-corrected chi connectivity index (χ4v) is 1.71. The highest BCUT2D eigenvalue weighted by atomic mass is 19.1. The zero-order chi connectivity index (χ0) is 10.7. The van der Waals surface area contributed by atoms with Crippen LogP contribution in [0.4, 0.5) is 4.39 Å². The molecule has 1 atom stereocenters. The van der Waals surface area contributed by atoms with Gasteiger partial charge in [0.15, 0.2) is 11.6 Å². The van der Waals surface area contributed by atoms with E-state index < -0.39 is 0 Å². The minimum Gasteiger partial charge on any atom is -0.403 e. The van der Waals surface area contributed by atoms with Gasteiger partial charge in [-0.2, -0.15) is 0 Å². The Hall–Kier alpha value is -1.13. The molecule has 2 rings (SSSR count). The molecule has 1 aliphatic heterocycles. The maximum absolute atomic E-state index is 13.3. The molecule has 0 spiro atoms. The number of benzene rings is 1. The second kappa shape index (κ2) is 4.59. The van der Waals surface area contributed by atoms with E-state index in [0.29, 0.717) is 6.54 Å². The Morgan fingerprint density at radius 1 is 1.40 bits per heavy atom. The molecule has 1 heterocycles. The van der Waals surface area contributed by atoms with Crippen LogP contribution >= 0.6 is 0 Å². The van der Waals surface area contributed by atoms with Crippen LogP contribution in [0.25, 0.3) is 0 Å². The highest BCUT2D eigenvalue weighted by molar-refractivity contribution is 5.23. The third kappa shape index (κ3) is 2.67. The van der Waals surface area contributed by atoms with Crippen molar-refractivity contribution < 1.29 is 9.23 Å². The molecule has 0 radical (unpaired) electrons. The van der Waals surface area contributed by atoms with E-state index in [1.54, 1.807) is 23.3 Å². The van der Waals surface area contributed by atoms with Gasteiger partial charge in [0.1, 0.15) is 0 Å². The van der Waals surface area contributed by atoms with Gasteiger partial charge in [-0.1, -0.05) is 12.1 Å². The molecule has 1 fully saturated rings. The summed E-state index contributed by atoms with van der Waals surface area (Å²) in [6.07, 6.45) is 2.01. The summed E-state index contributed by atoms with van der Waals surface area (Å²) in [4.78, 5) is 5.43. The number of rotatable bonds is 2. The Morgan fingerprint density at radius 3 is 2.93 bits per heavy atom. The van der Waals surface area contributed by atoms with Gasteiger partial charge >= 0.3 is 0 Å². The topological polar surface area (TPSA) is 38.5 Å². The Labute approximate surface area is 88.6 Å². The van der Waals surface area contributed by atoms with Crippen LogP contribution in [-0.4, -0.2) is 24.2 Å². The van der Waals surface area contributed by atoms with Crippen LogP contribution in [0, 0.1) is 5.82 Å². The molecule has 82 valence electrons. The summed E-state index contributed by atoms with van der Waals surface area (Å²) in [7, 11) is 0. The molecule has 0 saturated carbocycles. The minimum absolute atomic E-state index is 0.130. The Balaban J connectivity index is 1.99. The monoisotopic (exact) mass is 210 g/mol. The molecule has 0 bridgehead atoms. The quantitative estimate of drug-likeness (QED) is 0.804. The first-order valence-corrected chi connectivity index (χ1v) is 5.19. The maximum atomic E-state index is 13.3. The van der Waals surface area contributed by atoms with Gasteiger partial charge in [-0.05, 0) is 25.0 Å². The van der Waals surface area contributed by atoms with Gasteiger partial charge in [0.2, 0.25) is 0 Å². The fraction of sp³-hybridized carbons (Fsp3) is 0.455.